The third kappa shape index (κ3) is 2.36. The van der Waals surface area contributed by atoms with Gasteiger partial charge in [0.25, 0.3) is 5.78 Å². The molecule has 96 valence electrons. The van der Waals surface area contributed by atoms with E-state index in [1.807, 2.05) is 30.5 Å². The van der Waals surface area contributed by atoms with Gasteiger partial charge in [-0.3, -0.25) is 0 Å². The Bertz CT molecular complexity index is 727. The number of thioether (sulfide) groups is 1. The van der Waals surface area contributed by atoms with Gasteiger partial charge in [-0.05, 0) is 18.4 Å². The maximum Gasteiger partial charge on any atom is 0.255 e. The molecule has 1 N–H and O–H groups in total. The second-order valence-electron chi connectivity index (χ2n) is 3.76. The Labute approximate surface area is 119 Å². The summed E-state index contributed by atoms with van der Waals surface area (Å²) in [5.41, 5.74) is 0.995. The zero-order valence-electron chi connectivity index (χ0n) is 10.0. The second kappa shape index (κ2) is 5.07. The van der Waals surface area contributed by atoms with Crippen LogP contribution in [0.25, 0.3) is 5.78 Å². The molecule has 5 nitrogen and oxygen atoms in total. The molecule has 0 saturated carbocycles. The standard InChI is InChI=1S/C12H10ClN5S/c1-19-9-5-3-2-4-8(9)16-11-6-10(13)17-12-14-7-15-18(11)12/h2-7,16H,1H3. The van der Waals surface area contributed by atoms with Gasteiger partial charge < -0.3 is 5.32 Å². The first-order valence-electron chi connectivity index (χ1n) is 5.54. The number of nitrogens with zero attached hydrogens (tertiary/aromatic N) is 4. The summed E-state index contributed by atoms with van der Waals surface area (Å²) in [5.74, 6) is 1.20. The first kappa shape index (κ1) is 12.3. The summed E-state index contributed by atoms with van der Waals surface area (Å²) < 4.78 is 1.61. The quantitative estimate of drug-likeness (QED) is 0.593. The highest BCUT2D eigenvalue weighted by molar-refractivity contribution is 7.98. The first-order chi connectivity index (χ1) is 9.28. The van der Waals surface area contributed by atoms with E-state index in [0.717, 1.165) is 16.4 Å². The number of fused-ring (bicyclic) bond motifs is 1. The fraction of sp³-hybridized carbons (Fsp3) is 0.0833. The molecule has 0 atom stereocenters. The molecule has 1 aromatic carbocycles. The van der Waals surface area contributed by atoms with Crippen LogP contribution >= 0.6 is 23.4 Å². The maximum atomic E-state index is 5.98. The fourth-order valence-electron chi connectivity index (χ4n) is 1.76. The van der Waals surface area contributed by atoms with Crippen LogP contribution in [-0.4, -0.2) is 25.8 Å². The van der Waals surface area contributed by atoms with Gasteiger partial charge in [0.05, 0.1) is 5.69 Å². The van der Waals surface area contributed by atoms with Crippen molar-refractivity contribution in [3.63, 3.8) is 0 Å². The summed E-state index contributed by atoms with van der Waals surface area (Å²) in [5, 5.41) is 7.81. The SMILES string of the molecule is CSc1ccccc1Nc1cc(Cl)nc2ncnn12. The van der Waals surface area contributed by atoms with Crippen molar-refractivity contribution >= 4 is 40.6 Å². The summed E-state index contributed by atoms with van der Waals surface area (Å²) >= 11 is 7.65. The van der Waals surface area contributed by atoms with Gasteiger partial charge in [-0.2, -0.15) is 19.6 Å². The topological polar surface area (TPSA) is 55.1 Å². The van der Waals surface area contributed by atoms with E-state index in [-0.39, 0.29) is 0 Å². The van der Waals surface area contributed by atoms with E-state index in [9.17, 15) is 0 Å². The zero-order valence-corrected chi connectivity index (χ0v) is 11.6. The number of halogens is 1. The molecular formula is C12H10ClN5S. The highest BCUT2D eigenvalue weighted by Crippen LogP contribution is 2.28. The molecule has 2 aromatic heterocycles. The molecule has 0 radical (unpaired) electrons. The lowest BCUT2D eigenvalue weighted by Gasteiger charge is -2.11. The van der Waals surface area contributed by atoms with Crippen molar-refractivity contribution < 1.29 is 0 Å². The number of nitrogens with one attached hydrogen (secondary N) is 1. The van der Waals surface area contributed by atoms with Crippen molar-refractivity contribution in [2.75, 3.05) is 11.6 Å². The van der Waals surface area contributed by atoms with Crippen LogP contribution in [0.1, 0.15) is 0 Å². The number of benzene rings is 1. The highest BCUT2D eigenvalue weighted by atomic mass is 35.5. The van der Waals surface area contributed by atoms with Crippen LogP contribution in [0, 0.1) is 0 Å². The Kier molecular flexibility index (Phi) is 3.27. The van der Waals surface area contributed by atoms with Gasteiger partial charge in [0.15, 0.2) is 0 Å². The van der Waals surface area contributed by atoms with Gasteiger partial charge >= 0.3 is 0 Å². The number of anilines is 2. The van der Waals surface area contributed by atoms with Crippen LogP contribution in [0.4, 0.5) is 11.5 Å². The lowest BCUT2D eigenvalue weighted by molar-refractivity contribution is 0.946. The van der Waals surface area contributed by atoms with Crippen molar-refractivity contribution in [3.8, 4) is 0 Å². The molecule has 0 aliphatic heterocycles. The van der Waals surface area contributed by atoms with Gasteiger partial charge in [-0.15, -0.1) is 11.8 Å². The molecule has 0 aliphatic carbocycles. The van der Waals surface area contributed by atoms with Crippen LogP contribution in [0.5, 0.6) is 0 Å². The molecule has 3 rings (SSSR count). The largest absolute Gasteiger partial charge is 0.339 e. The van der Waals surface area contributed by atoms with Gasteiger partial charge in [0.2, 0.25) is 0 Å². The van der Waals surface area contributed by atoms with E-state index in [1.54, 1.807) is 22.3 Å². The average Bonchev–Trinajstić information content (AvgIpc) is 2.87. The first-order valence-corrected chi connectivity index (χ1v) is 7.14. The third-order valence-electron chi connectivity index (χ3n) is 2.59. The van der Waals surface area contributed by atoms with Crippen molar-refractivity contribution in [3.05, 3.63) is 41.8 Å². The Morgan fingerprint density at radius 1 is 1.32 bits per heavy atom. The lowest BCUT2D eigenvalue weighted by atomic mass is 10.3. The number of rotatable bonds is 3. The fourth-order valence-corrected chi connectivity index (χ4v) is 2.49. The normalized spacial score (nSPS) is 10.8. The van der Waals surface area contributed by atoms with Crippen LogP contribution in [0.2, 0.25) is 5.15 Å². The molecule has 0 amide bonds. The van der Waals surface area contributed by atoms with Gasteiger partial charge in [-0.25, -0.2) is 0 Å². The van der Waals surface area contributed by atoms with Crippen LogP contribution in [0.15, 0.2) is 41.6 Å². The summed E-state index contributed by atoms with van der Waals surface area (Å²) in [6.45, 7) is 0. The molecule has 0 unspecified atom stereocenters. The predicted octanol–water partition coefficient (Wildman–Crippen LogP) is 3.24. The van der Waals surface area contributed by atoms with Crippen LogP contribution in [-0.2, 0) is 0 Å². The van der Waals surface area contributed by atoms with Crippen LogP contribution in [0.3, 0.4) is 0 Å². The molecule has 0 fully saturated rings. The molecule has 0 aliphatic rings. The van der Waals surface area contributed by atoms with Crippen molar-refractivity contribution in [2.24, 2.45) is 0 Å². The minimum atomic E-state index is 0.379. The molecule has 0 saturated heterocycles. The van der Waals surface area contributed by atoms with E-state index < -0.39 is 0 Å². The van der Waals surface area contributed by atoms with E-state index in [1.165, 1.54) is 6.33 Å². The second-order valence-corrected chi connectivity index (χ2v) is 5.00. The molecule has 0 spiro atoms. The number of para-hydroxylation sites is 1. The number of aromatic nitrogens is 4. The minimum Gasteiger partial charge on any atom is -0.339 e. The molecule has 2 heterocycles. The van der Waals surface area contributed by atoms with E-state index in [2.05, 4.69) is 20.4 Å². The Balaban J connectivity index is 2.07. The van der Waals surface area contributed by atoms with Gasteiger partial charge in [0, 0.05) is 11.0 Å². The maximum absolute atomic E-state index is 5.98. The van der Waals surface area contributed by atoms with E-state index in [0.29, 0.717) is 10.9 Å². The Hall–Kier alpha value is -1.79. The van der Waals surface area contributed by atoms with Crippen molar-refractivity contribution in [1.82, 2.24) is 19.6 Å². The summed E-state index contributed by atoms with van der Waals surface area (Å²) in [4.78, 5) is 9.27. The van der Waals surface area contributed by atoms with Gasteiger partial charge in [-0.1, -0.05) is 23.7 Å². The monoisotopic (exact) mass is 291 g/mol. The zero-order chi connectivity index (χ0) is 13.2. The average molecular weight is 292 g/mol. The van der Waals surface area contributed by atoms with E-state index in [4.69, 9.17) is 11.6 Å². The predicted molar refractivity (Wildman–Crippen MR) is 77.3 cm³/mol. The smallest absolute Gasteiger partial charge is 0.255 e. The molecule has 7 heteroatoms. The van der Waals surface area contributed by atoms with Crippen molar-refractivity contribution in [1.29, 1.82) is 0 Å². The summed E-state index contributed by atoms with van der Waals surface area (Å²) in [6, 6.07) is 9.75. The number of hydrogen-bond acceptors (Lipinski definition) is 5. The van der Waals surface area contributed by atoms with E-state index >= 15 is 0 Å². The Morgan fingerprint density at radius 2 is 2.16 bits per heavy atom. The molecule has 0 bridgehead atoms. The van der Waals surface area contributed by atoms with Crippen LogP contribution < -0.4 is 5.32 Å². The van der Waals surface area contributed by atoms with Gasteiger partial charge in [0.1, 0.15) is 17.3 Å². The molecule has 3 aromatic rings. The highest BCUT2D eigenvalue weighted by Gasteiger charge is 2.08. The summed E-state index contributed by atoms with van der Waals surface area (Å²) in [7, 11) is 0. The lowest BCUT2D eigenvalue weighted by Crippen LogP contribution is -2.02. The Morgan fingerprint density at radius 3 is 3.00 bits per heavy atom. The third-order valence-corrected chi connectivity index (χ3v) is 3.58. The minimum absolute atomic E-state index is 0.379. The summed E-state index contributed by atoms with van der Waals surface area (Å²) in [6.07, 6.45) is 3.48. The molecule has 19 heavy (non-hydrogen) atoms. The molecular weight excluding hydrogens is 282 g/mol. The number of hydrogen-bond donors (Lipinski definition) is 1. The van der Waals surface area contributed by atoms with Crippen molar-refractivity contribution in [2.45, 2.75) is 4.90 Å².